The number of carbonyl (C=O) groups is 1. The van der Waals surface area contributed by atoms with Gasteiger partial charge in [-0.1, -0.05) is 22.0 Å². The van der Waals surface area contributed by atoms with Crippen molar-refractivity contribution in [3.8, 4) is 11.4 Å². The van der Waals surface area contributed by atoms with E-state index in [0.29, 0.717) is 15.9 Å². The Labute approximate surface area is 177 Å². The summed E-state index contributed by atoms with van der Waals surface area (Å²) < 4.78 is 46.1. The first kappa shape index (κ1) is 21.6. The number of nitrogens with one attached hydrogen (secondary N) is 1. The molecule has 0 saturated carbocycles. The average molecular weight is 482 g/mol. The number of aromatic nitrogens is 2. The van der Waals surface area contributed by atoms with E-state index >= 15 is 0 Å². The third-order valence-corrected chi connectivity index (χ3v) is 4.64. The van der Waals surface area contributed by atoms with Crippen molar-refractivity contribution in [1.29, 1.82) is 0 Å². The summed E-state index contributed by atoms with van der Waals surface area (Å²) in [6.07, 6.45) is -4.54. The van der Waals surface area contributed by atoms with Gasteiger partial charge in [0.05, 0.1) is 24.0 Å². The standard InChI is InChI=1S/C20H15BrF3N3O3/c1-11-8-16(28)18(19(29)25-15-10-13(21)6-7-17(15)30-2)26-27(11)14-5-3-4-12(9-14)20(22,23)24/h3-10H,1-2H3,(H,25,29). The molecule has 0 aliphatic heterocycles. The van der Waals surface area contributed by atoms with Crippen molar-refractivity contribution < 1.29 is 22.7 Å². The number of ether oxygens (including phenoxy) is 1. The number of benzene rings is 2. The molecule has 0 spiro atoms. The summed E-state index contributed by atoms with van der Waals surface area (Å²) in [4.78, 5) is 25.0. The fourth-order valence-electron chi connectivity index (χ4n) is 2.74. The van der Waals surface area contributed by atoms with E-state index in [1.165, 1.54) is 26.2 Å². The van der Waals surface area contributed by atoms with Crippen LogP contribution in [0.15, 0.2) is 57.8 Å². The van der Waals surface area contributed by atoms with Gasteiger partial charge >= 0.3 is 6.18 Å². The molecule has 0 unspecified atom stereocenters. The van der Waals surface area contributed by atoms with Crippen LogP contribution in [0.2, 0.25) is 0 Å². The first-order valence-corrected chi connectivity index (χ1v) is 9.33. The maximum absolute atomic E-state index is 13.0. The van der Waals surface area contributed by atoms with Crippen LogP contribution in [0.25, 0.3) is 5.69 Å². The first-order valence-electron chi connectivity index (χ1n) is 8.53. The fraction of sp³-hybridized carbons (Fsp3) is 0.150. The van der Waals surface area contributed by atoms with E-state index in [2.05, 4.69) is 26.3 Å². The number of carbonyl (C=O) groups excluding carboxylic acids is 1. The van der Waals surface area contributed by atoms with Gasteiger partial charge in [-0.2, -0.15) is 18.3 Å². The van der Waals surface area contributed by atoms with Crippen LogP contribution >= 0.6 is 15.9 Å². The number of hydrogen-bond acceptors (Lipinski definition) is 4. The van der Waals surface area contributed by atoms with E-state index in [1.807, 2.05) is 0 Å². The van der Waals surface area contributed by atoms with Crippen LogP contribution in [0.3, 0.4) is 0 Å². The highest BCUT2D eigenvalue weighted by Crippen LogP contribution is 2.30. The molecule has 0 aliphatic rings. The number of methoxy groups -OCH3 is 1. The van der Waals surface area contributed by atoms with Gasteiger partial charge in [0.15, 0.2) is 5.69 Å². The molecule has 0 fully saturated rings. The number of aryl methyl sites for hydroxylation is 1. The number of alkyl halides is 3. The van der Waals surface area contributed by atoms with Gasteiger partial charge in [-0.25, -0.2) is 4.68 Å². The van der Waals surface area contributed by atoms with Gasteiger partial charge in [-0.05, 0) is 43.3 Å². The largest absolute Gasteiger partial charge is 0.495 e. The lowest BCUT2D eigenvalue weighted by Gasteiger charge is -2.14. The van der Waals surface area contributed by atoms with Crippen molar-refractivity contribution in [2.75, 3.05) is 12.4 Å². The Morgan fingerprint density at radius 1 is 1.17 bits per heavy atom. The van der Waals surface area contributed by atoms with Crippen molar-refractivity contribution in [3.05, 3.63) is 80.2 Å². The van der Waals surface area contributed by atoms with Crippen molar-refractivity contribution in [2.24, 2.45) is 0 Å². The van der Waals surface area contributed by atoms with E-state index in [1.54, 1.807) is 18.2 Å². The molecule has 1 N–H and O–H groups in total. The number of halogens is 4. The molecule has 10 heteroatoms. The Morgan fingerprint density at radius 2 is 1.90 bits per heavy atom. The number of rotatable bonds is 4. The predicted octanol–water partition coefficient (Wildman–Crippen LogP) is 4.58. The van der Waals surface area contributed by atoms with E-state index in [-0.39, 0.29) is 11.4 Å². The summed E-state index contributed by atoms with van der Waals surface area (Å²) in [5, 5.41) is 6.55. The summed E-state index contributed by atoms with van der Waals surface area (Å²) in [5.41, 5.74) is -1.37. The third-order valence-electron chi connectivity index (χ3n) is 4.15. The minimum atomic E-state index is -4.54. The van der Waals surface area contributed by atoms with Gasteiger partial charge in [0.1, 0.15) is 5.75 Å². The second-order valence-corrected chi connectivity index (χ2v) is 7.17. The highest BCUT2D eigenvalue weighted by molar-refractivity contribution is 9.10. The Balaban J connectivity index is 2.03. The normalized spacial score (nSPS) is 11.3. The smallest absolute Gasteiger partial charge is 0.416 e. The monoisotopic (exact) mass is 481 g/mol. The van der Waals surface area contributed by atoms with Gasteiger partial charge in [0.25, 0.3) is 5.91 Å². The Bertz CT molecular complexity index is 1180. The second kappa shape index (κ2) is 8.31. The number of amides is 1. The van der Waals surface area contributed by atoms with Gasteiger partial charge in [0, 0.05) is 16.2 Å². The zero-order valence-corrected chi connectivity index (χ0v) is 17.3. The molecule has 0 saturated heterocycles. The van der Waals surface area contributed by atoms with Crippen LogP contribution in [0, 0.1) is 6.92 Å². The van der Waals surface area contributed by atoms with Crippen molar-refractivity contribution in [1.82, 2.24) is 9.78 Å². The van der Waals surface area contributed by atoms with Gasteiger partial charge < -0.3 is 10.1 Å². The van der Waals surface area contributed by atoms with Gasteiger partial charge in [-0.3, -0.25) is 9.59 Å². The van der Waals surface area contributed by atoms with Crippen LogP contribution in [0.1, 0.15) is 21.7 Å². The Hall–Kier alpha value is -3.14. The maximum atomic E-state index is 13.0. The molecule has 0 aliphatic carbocycles. The predicted molar refractivity (Wildman–Crippen MR) is 108 cm³/mol. The molecule has 0 radical (unpaired) electrons. The Kier molecular flexibility index (Phi) is 5.97. The number of anilines is 1. The summed E-state index contributed by atoms with van der Waals surface area (Å²) in [6, 6.07) is 10.5. The molecule has 1 aromatic heterocycles. The van der Waals surface area contributed by atoms with E-state index in [0.717, 1.165) is 22.9 Å². The number of hydrogen-bond donors (Lipinski definition) is 1. The minimum absolute atomic E-state index is 0.0661. The molecule has 1 heterocycles. The fourth-order valence-corrected chi connectivity index (χ4v) is 3.10. The van der Waals surface area contributed by atoms with Crippen LogP contribution in [0.4, 0.5) is 18.9 Å². The molecule has 0 bridgehead atoms. The topological polar surface area (TPSA) is 73.2 Å². The van der Waals surface area contributed by atoms with Crippen molar-refractivity contribution in [2.45, 2.75) is 13.1 Å². The molecule has 3 aromatic rings. The lowest BCUT2D eigenvalue weighted by molar-refractivity contribution is -0.137. The lowest BCUT2D eigenvalue weighted by Crippen LogP contribution is -2.27. The van der Waals surface area contributed by atoms with E-state index in [9.17, 15) is 22.8 Å². The maximum Gasteiger partial charge on any atom is 0.416 e. The summed E-state index contributed by atoms with van der Waals surface area (Å²) in [7, 11) is 1.42. The summed E-state index contributed by atoms with van der Waals surface area (Å²) in [5.74, 6) is -0.464. The van der Waals surface area contributed by atoms with Crippen molar-refractivity contribution >= 4 is 27.5 Å². The van der Waals surface area contributed by atoms with Crippen molar-refractivity contribution in [3.63, 3.8) is 0 Å². The molecule has 0 atom stereocenters. The molecule has 30 heavy (non-hydrogen) atoms. The van der Waals surface area contributed by atoms with Gasteiger partial charge in [0.2, 0.25) is 5.43 Å². The Morgan fingerprint density at radius 3 is 2.57 bits per heavy atom. The van der Waals surface area contributed by atoms with E-state index in [4.69, 9.17) is 4.74 Å². The number of nitrogens with zero attached hydrogens (tertiary/aromatic N) is 2. The molecular formula is C20H15BrF3N3O3. The second-order valence-electron chi connectivity index (χ2n) is 6.26. The average Bonchev–Trinajstić information content (AvgIpc) is 2.67. The van der Waals surface area contributed by atoms with Gasteiger partial charge in [-0.15, -0.1) is 0 Å². The molecular weight excluding hydrogens is 467 g/mol. The molecule has 156 valence electrons. The SMILES string of the molecule is COc1ccc(Br)cc1NC(=O)c1nn(-c2cccc(C(F)(F)F)c2)c(C)cc1=O. The summed E-state index contributed by atoms with van der Waals surface area (Å²) in [6.45, 7) is 1.51. The van der Waals surface area contributed by atoms with Crippen LogP contribution in [-0.2, 0) is 6.18 Å². The highest BCUT2D eigenvalue weighted by Gasteiger charge is 2.30. The third kappa shape index (κ3) is 4.54. The van der Waals surface area contributed by atoms with Crippen LogP contribution in [0.5, 0.6) is 5.75 Å². The minimum Gasteiger partial charge on any atom is -0.495 e. The zero-order chi connectivity index (χ0) is 22.1. The molecule has 3 rings (SSSR count). The molecule has 2 aromatic carbocycles. The quantitative estimate of drug-likeness (QED) is 0.591. The molecule has 6 nitrogen and oxygen atoms in total. The van der Waals surface area contributed by atoms with E-state index < -0.39 is 28.8 Å². The zero-order valence-electron chi connectivity index (χ0n) is 15.7. The van der Waals surface area contributed by atoms with Crippen LogP contribution in [-0.4, -0.2) is 22.8 Å². The first-order chi connectivity index (χ1) is 14.1. The van der Waals surface area contributed by atoms with Crippen LogP contribution < -0.4 is 15.5 Å². The lowest BCUT2D eigenvalue weighted by atomic mass is 10.2. The summed E-state index contributed by atoms with van der Waals surface area (Å²) >= 11 is 3.28. The highest BCUT2D eigenvalue weighted by atomic mass is 79.9. The molecule has 1 amide bonds.